The van der Waals surface area contributed by atoms with Gasteiger partial charge in [-0.3, -0.25) is 0 Å². The number of hydrogen-bond acceptors (Lipinski definition) is 2. The Kier molecular flexibility index (Phi) is 3.51. The van der Waals surface area contributed by atoms with E-state index in [0.29, 0.717) is 0 Å². The number of rotatable bonds is 3. The SMILES string of the molecule is CCc1[c]c(-c2ccccc2)c(-c2ccccc2)c2c1OCO2. The highest BCUT2D eigenvalue weighted by Crippen LogP contribution is 2.48. The van der Waals surface area contributed by atoms with E-state index < -0.39 is 0 Å². The fourth-order valence-corrected chi connectivity index (χ4v) is 3.02. The normalized spacial score (nSPS) is 12.4. The number of fused-ring (bicyclic) bond motifs is 1. The van der Waals surface area contributed by atoms with Crippen LogP contribution in [-0.2, 0) is 6.42 Å². The number of hydrogen-bond donors (Lipinski definition) is 0. The molecule has 0 aromatic heterocycles. The Balaban J connectivity index is 2.04. The van der Waals surface area contributed by atoms with E-state index in [2.05, 4.69) is 37.3 Å². The first kappa shape index (κ1) is 13.9. The Morgan fingerprint density at radius 2 is 1.43 bits per heavy atom. The van der Waals surface area contributed by atoms with Crippen molar-refractivity contribution in [2.24, 2.45) is 0 Å². The molecule has 1 aliphatic rings. The summed E-state index contributed by atoms with van der Waals surface area (Å²) in [5, 5.41) is 0. The van der Waals surface area contributed by atoms with E-state index in [0.717, 1.165) is 45.7 Å². The van der Waals surface area contributed by atoms with Gasteiger partial charge in [0, 0.05) is 16.7 Å². The van der Waals surface area contributed by atoms with Gasteiger partial charge in [0.25, 0.3) is 0 Å². The molecule has 1 aliphatic heterocycles. The standard InChI is InChI=1S/C21H17O2/c1-2-15-13-18(16-9-5-3-6-10-16)19(17-11-7-4-8-12-17)21-20(15)22-14-23-21/h3-12H,2,14H2,1H3. The molecule has 2 heteroatoms. The van der Waals surface area contributed by atoms with E-state index in [1.165, 1.54) is 0 Å². The zero-order chi connectivity index (χ0) is 15.6. The monoisotopic (exact) mass is 301 g/mol. The molecule has 3 aromatic carbocycles. The van der Waals surface area contributed by atoms with Crippen LogP contribution in [0.2, 0.25) is 0 Å². The third-order valence-electron chi connectivity index (χ3n) is 4.12. The van der Waals surface area contributed by atoms with Gasteiger partial charge in [0.05, 0.1) is 0 Å². The molecule has 1 heterocycles. The molecule has 0 fully saturated rings. The minimum Gasteiger partial charge on any atom is -0.453 e. The Bertz CT molecular complexity index is 823. The molecule has 0 saturated carbocycles. The van der Waals surface area contributed by atoms with Crippen molar-refractivity contribution in [3.8, 4) is 33.8 Å². The maximum atomic E-state index is 5.85. The van der Waals surface area contributed by atoms with Gasteiger partial charge in [-0.15, -0.1) is 0 Å². The van der Waals surface area contributed by atoms with Crippen molar-refractivity contribution in [3.63, 3.8) is 0 Å². The first-order valence-corrected chi connectivity index (χ1v) is 7.87. The van der Waals surface area contributed by atoms with Crippen LogP contribution in [0.3, 0.4) is 0 Å². The van der Waals surface area contributed by atoms with Crippen LogP contribution < -0.4 is 9.47 Å². The van der Waals surface area contributed by atoms with E-state index in [4.69, 9.17) is 9.47 Å². The lowest BCUT2D eigenvalue weighted by atomic mass is 9.90. The van der Waals surface area contributed by atoms with Crippen molar-refractivity contribution in [2.45, 2.75) is 13.3 Å². The van der Waals surface area contributed by atoms with E-state index >= 15 is 0 Å². The molecule has 0 aliphatic carbocycles. The van der Waals surface area contributed by atoms with Crippen LogP contribution in [0, 0.1) is 6.07 Å². The lowest BCUT2D eigenvalue weighted by Gasteiger charge is -2.15. The molecule has 113 valence electrons. The Morgan fingerprint density at radius 1 is 0.826 bits per heavy atom. The molecular weight excluding hydrogens is 284 g/mol. The van der Waals surface area contributed by atoms with Gasteiger partial charge in [-0.2, -0.15) is 0 Å². The summed E-state index contributed by atoms with van der Waals surface area (Å²) in [7, 11) is 0. The number of ether oxygens (including phenoxy) is 2. The van der Waals surface area contributed by atoms with Crippen LogP contribution in [0.25, 0.3) is 22.3 Å². The second kappa shape index (κ2) is 5.81. The lowest BCUT2D eigenvalue weighted by molar-refractivity contribution is 0.173. The molecule has 0 saturated heterocycles. The van der Waals surface area contributed by atoms with E-state index in [1.54, 1.807) is 0 Å². The predicted octanol–water partition coefficient (Wildman–Crippen LogP) is 5.11. The van der Waals surface area contributed by atoms with Gasteiger partial charge in [-0.25, -0.2) is 0 Å². The van der Waals surface area contributed by atoms with Crippen LogP contribution in [0.15, 0.2) is 60.7 Å². The molecule has 4 rings (SSSR count). The van der Waals surface area contributed by atoms with Crippen LogP contribution in [0.4, 0.5) is 0 Å². The minimum absolute atomic E-state index is 0.272. The van der Waals surface area contributed by atoms with Crippen molar-refractivity contribution in [1.29, 1.82) is 0 Å². The molecule has 0 spiro atoms. The molecule has 0 amide bonds. The highest BCUT2D eigenvalue weighted by molar-refractivity contribution is 5.90. The largest absolute Gasteiger partial charge is 0.453 e. The van der Waals surface area contributed by atoms with Crippen LogP contribution in [0.1, 0.15) is 12.5 Å². The summed E-state index contributed by atoms with van der Waals surface area (Å²) in [6.45, 7) is 2.39. The van der Waals surface area contributed by atoms with E-state index in [-0.39, 0.29) is 6.79 Å². The zero-order valence-corrected chi connectivity index (χ0v) is 13.0. The second-order valence-corrected chi connectivity index (χ2v) is 5.50. The Morgan fingerprint density at radius 3 is 2.09 bits per heavy atom. The smallest absolute Gasteiger partial charge is 0.231 e. The van der Waals surface area contributed by atoms with E-state index in [1.807, 2.05) is 36.4 Å². The fraction of sp³-hybridized carbons (Fsp3) is 0.143. The van der Waals surface area contributed by atoms with Gasteiger partial charge in [-0.05, 0) is 23.6 Å². The van der Waals surface area contributed by atoms with Crippen molar-refractivity contribution < 1.29 is 9.47 Å². The topological polar surface area (TPSA) is 18.5 Å². The molecular formula is C21H17O2. The third kappa shape index (κ3) is 2.36. The van der Waals surface area contributed by atoms with Gasteiger partial charge in [-0.1, -0.05) is 67.6 Å². The average molecular weight is 301 g/mol. The third-order valence-corrected chi connectivity index (χ3v) is 4.12. The quantitative estimate of drug-likeness (QED) is 0.669. The lowest BCUT2D eigenvalue weighted by Crippen LogP contribution is -1.94. The summed E-state index contributed by atoms with van der Waals surface area (Å²) in [4.78, 5) is 0. The maximum absolute atomic E-state index is 5.85. The van der Waals surface area contributed by atoms with Gasteiger partial charge < -0.3 is 9.47 Å². The highest BCUT2D eigenvalue weighted by Gasteiger charge is 2.26. The first-order chi connectivity index (χ1) is 11.4. The maximum Gasteiger partial charge on any atom is 0.231 e. The molecule has 1 radical (unpaired) electrons. The minimum atomic E-state index is 0.272. The van der Waals surface area contributed by atoms with Gasteiger partial charge >= 0.3 is 0 Å². The molecule has 0 unspecified atom stereocenters. The average Bonchev–Trinajstić information content (AvgIpc) is 3.11. The summed E-state index contributed by atoms with van der Waals surface area (Å²) in [6.07, 6.45) is 0.862. The van der Waals surface area contributed by atoms with Crippen LogP contribution in [-0.4, -0.2) is 6.79 Å². The van der Waals surface area contributed by atoms with Gasteiger partial charge in [0.1, 0.15) is 0 Å². The first-order valence-electron chi connectivity index (χ1n) is 7.87. The summed E-state index contributed by atoms with van der Waals surface area (Å²) < 4.78 is 11.6. The molecule has 2 nitrogen and oxygen atoms in total. The molecule has 23 heavy (non-hydrogen) atoms. The van der Waals surface area contributed by atoms with Crippen molar-refractivity contribution in [1.82, 2.24) is 0 Å². The van der Waals surface area contributed by atoms with Gasteiger partial charge in [0.2, 0.25) is 6.79 Å². The predicted molar refractivity (Wildman–Crippen MR) is 91.7 cm³/mol. The van der Waals surface area contributed by atoms with Crippen LogP contribution >= 0.6 is 0 Å². The molecule has 0 atom stereocenters. The number of aryl methyl sites for hydroxylation is 1. The highest BCUT2D eigenvalue weighted by atomic mass is 16.7. The molecule has 3 aromatic rings. The molecule has 0 bridgehead atoms. The second-order valence-electron chi connectivity index (χ2n) is 5.50. The van der Waals surface area contributed by atoms with Gasteiger partial charge in [0.15, 0.2) is 11.5 Å². The summed E-state index contributed by atoms with van der Waals surface area (Å²) >= 11 is 0. The molecule has 0 N–H and O–H groups in total. The van der Waals surface area contributed by atoms with Crippen molar-refractivity contribution in [2.75, 3.05) is 6.79 Å². The summed E-state index contributed by atoms with van der Waals surface area (Å²) in [5.41, 5.74) is 5.45. The zero-order valence-electron chi connectivity index (χ0n) is 13.0. The van der Waals surface area contributed by atoms with Crippen molar-refractivity contribution in [3.05, 3.63) is 72.3 Å². The number of benzene rings is 3. The Hall–Kier alpha value is -2.74. The fourth-order valence-electron chi connectivity index (χ4n) is 3.02. The summed E-state index contributed by atoms with van der Waals surface area (Å²) in [5.74, 6) is 1.68. The Labute approximate surface area is 136 Å². The van der Waals surface area contributed by atoms with Crippen LogP contribution in [0.5, 0.6) is 11.5 Å². The van der Waals surface area contributed by atoms with E-state index in [9.17, 15) is 0 Å². The van der Waals surface area contributed by atoms with Crippen molar-refractivity contribution >= 4 is 0 Å². The summed E-state index contributed by atoms with van der Waals surface area (Å²) in [6, 6.07) is 24.2.